The van der Waals surface area contributed by atoms with Crippen LogP contribution < -0.4 is 0 Å². The number of Topliss-reactive ketones (excluding diaryl/α,β-unsaturated/α-hetero) is 1. The highest BCUT2D eigenvalue weighted by Crippen LogP contribution is 2.37. The van der Waals surface area contributed by atoms with Crippen molar-refractivity contribution in [2.24, 2.45) is 11.8 Å². The molecule has 1 aromatic rings. The first-order valence-electron chi connectivity index (χ1n) is 12.0. The van der Waals surface area contributed by atoms with Crippen LogP contribution in [0.1, 0.15) is 95.7 Å². The van der Waals surface area contributed by atoms with Gasteiger partial charge in [0.15, 0.2) is 0 Å². The molecule has 186 valence electrons. The monoisotopic (exact) mass is 532 g/mol. The van der Waals surface area contributed by atoms with Gasteiger partial charge in [0.05, 0.1) is 6.10 Å². The predicted molar refractivity (Wildman–Crippen MR) is 142 cm³/mol. The fraction of sp³-hybridized carbons (Fsp3) is 0.692. The third-order valence-electron chi connectivity index (χ3n) is 5.03. The number of ketones is 1. The van der Waals surface area contributed by atoms with Crippen LogP contribution in [0.4, 0.5) is 0 Å². The topological polar surface area (TPSA) is 74.6 Å². The van der Waals surface area contributed by atoms with E-state index in [1.54, 1.807) is 18.3 Å². The van der Waals surface area contributed by atoms with E-state index in [1.807, 2.05) is 19.9 Å². The first kappa shape index (κ1) is 33.2. The lowest BCUT2D eigenvalue weighted by atomic mass is 9.87. The molecule has 0 radical (unpaired) electrons. The number of carboxylic acids is 1. The highest BCUT2D eigenvalue weighted by Gasteiger charge is 2.33. The maximum atomic E-state index is 12.1. The Bertz CT molecular complexity index is 622. The first-order valence-corrected chi connectivity index (χ1v) is 13.6. The summed E-state index contributed by atoms with van der Waals surface area (Å²) < 4.78 is 1.15. The van der Waals surface area contributed by atoms with Gasteiger partial charge >= 0.3 is 5.97 Å². The molecule has 1 saturated carbocycles. The van der Waals surface area contributed by atoms with Crippen molar-refractivity contribution in [3.63, 3.8) is 0 Å². The van der Waals surface area contributed by atoms with Gasteiger partial charge in [0.1, 0.15) is 5.78 Å². The predicted octanol–water partition coefficient (Wildman–Crippen LogP) is 7.99. The Morgan fingerprint density at radius 3 is 2.22 bits per heavy atom. The summed E-state index contributed by atoms with van der Waals surface area (Å²) in [5, 5.41) is 17.7. The van der Waals surface area contributed by atoms with Gasteiger partial charge in [-0.25, -0.2) is 0 Å². The van der Waals surface area contributed by atoms with Crippen LogP contribution in [0.25, 0.3) is 0 Å². The molecule has 2 N–H and O–H groups in total. The summed E-state index contributed by atoms with van der Waals surface area (Å²) in [7, 11) is 0. The van der Waals surface area contributed by atoms with Crippen LogP contribution in [-0.2, 0) is 16.0 Å². The molecular formula is C26H45BrO4S. The van der Waals surface area contributed by atoms with Gasteiger partial charge in [-0.3, -0.25) is 9.59 Å². The SMILES string of the molecule is C=CC[C@H]1C(O)CC[C@@H]1CCC(=O)CCc1cc(Br)c(C)s1.CC.CCC.CCC(=O)O. The Hall–Kier alpha value is -0.980. The molecule has 0 spiro atoms. The molecule has 0 aromatic carbocycles. The molecule has 1 aliphatic carbocycles. The largest absolute Gasteiger partial charge is 0.481 e. The number of allylic oxidation sites excluding steroid dienone is 1. The second-order valence-electron chi connectivity index (χ2n) is 7.74. The summed E-state index contributed by atoms with van der Waals surface area (Å²) in [6.45, 7) is 15.7. The molecule has 0 bridgehead atoms. The zero-order chi connectivity index (χ0) is 25.1. The smallest absolute Gasteiger partial charge is 0.303 e. The maximum Gasteiger partial charge on any atom is 0.303 e. The van der Waals surface area contributed by atoms with E-state index in [9.17, 15) is 14.7 Å². The molecular weight excluding hydrogens is 488 g/mol. The minimum Gasteiger partial charge on any atom is -0.481 e. The second-order valence-corrected chi connectivity index (χ2v) is 9.94. The summed E-state index contributed by atoms with van der Waals surface area (Å²) >= 11 is 5.28. The third-order valence-corrected chi connectivity index (χ3v) is 7.22. The van der Waals surface area contributed by atoms with Gasteiger partial charge < -0.3 is 10.2 Å². The lowest BCUT2D eigenvalue weighted by Crippen LogP contribution is -2.19. The van der Waals surface area contributed by atoms with Crippen LogP contribution in [0.15, 0.2) is 23.2 Å². The van der Waals surface area contributed by atoms with Crippen LogP contribution in [0, 0.1) is 18.8 Å². The summed E-state index contributed by atoms with van der Waals surface area (Å²) in [6, 6.07) is 2.13. The Morgan fingerprint density at radius 2 is 1.78 bits per heavy atom. The number of carbonyl (C=O) groups excluding carboxylic acids is 1. The minimum atomic E-state index is -0.745. The van der Waals surface area contributed by atoms with Gasteiger partial charge in [-0.05, 0) is 72.9 Å². The number of hydrogen-bond acceptors (Lipinski definition) is 4. The number of hydrogen-bond donors (Lipinski definition) is 2. The maximum absolute atomic E-state index is 12.1. The molecule has 2 rings (SSSR count). The molecule has 32 heavy (non-hydrogen) atoms. The molecule has 1 aromatic heterocycles. The van der Waals surface area contributed by atoms with Crippen LogP contribution in [0.3, 0.4) is 0 Å². The molecule has 1 unspecified atom stereocenters. The van der Waals surface area contributed by atoms with Crippen LogP contribution >= 0.6 is 27.3 Å². The molecule has 0 saturated heterocycles. The first-order chi connectivity index (χ1) is 15.2. The normalized spacial score (nSPS) is 18.8. The van der Waals surface area contributed by atoms with Crippen LogP contribution in [0.5, 0.6) is 0 Å². The van der Waals surface area contributed by atoms with Gasteiger partial charge in [-0.15, -0.1) is 17.9 Å². The lowest BCUT2D eigenvalue weighted by Gasteiger charge is -2.20. The molecule has 3 atom stereocenters. The number of carbonyl (C=O) groups is 2. The van der Waals surface area contributed by atoms with E-state index in [0.29, 0.717) is 30.5 Å². The lowest BCUT2D eigenvalue weighted by molar-refractivity contribution is -0.136. The summed E-state index contributed by atoms with van der Waals surface area (Å²) in [5.41, 5.74) is 0. The summed E-state index contributed by atoms with van der Waals surface area (Å²) in [5.74, 6) is 0.391. The molecule has 0 aliphatic heterocycles. The van der Waals surface area contributed by atoms with Crippen molar-refractivity contribution < 1.29 is 19.8 Å². The van der Waals surface area contributed by atoms with Crippen LogP contribution in [-0.4, -0.2) is 28.1 Å². The number of aliphatic carboxylic acids is 1. The average Bonchev–Trinajstić information content (AvgIpc) is 3.29. The number of aliphatic hydroxyl groups is 1. The van der Waals surface area contributed by atoms with Crippen molar-refractivity contribution >= 4 is 39.0 Å². The van der Waals surface area contributed by atoms with E-state index in [4.69, 9.17) is 5.11 Å². The van der Waals surface area contributed by atoms with Crippen molar-refractivity contribution in [3.05, 3.63) is 32.9 Å². The van der Waals surface area contributed by atoms with Crippen molar-refractivity contribution in [1.82, 2.24) is 0 Å². The van der Waals surface area contributed by atoms with Gasteiger partial charge in [0.25, 0.3) is 0 Å². The Balaban J connectivity index is 0. The second kappa shape index (κ2) is 20.6. The quantitative estimate of drug-likeness (QED) is 0.316. The Kier molecular flexibility index (Phi) is 21.4. The molecule has 4 nitrogen and oxygen atoms in total. The van der Waals surface area contributed by atoms with E-state index in [1.165, 1.54) is 16.2 Å². The van der Waals surface area contributed by atoms with E-state index in [2.05, 4.69) is 49.3 Å². The number of aryl methyl sites for hydroxylation is 2. The summed E-state index contributed by atoms with van der Waals surface area (Å²) in [6.07, 6.45) is 8.99. The number of thiophene rings is 1. The Labute approximate surface area is 208 Å². The highest BCUT2D eigenvalue weighted by atomic mass is 79.9. The molecule has 1 fully saturated rings. The van der Waals surface area contributed by atoms with E-state index < -0.39 is 5.97 Å². The van der Waals surface area contributed by atoms with Gasteiger partial charge in [0.2, 0.25) is 0 Å². The van der Waals surface area contributed by atoms with Crippen molar-refractivity contribution in [2.75, 3.05) is 0 Å². The zero-order valence-electron chi connectivity index (χ0n) is 21.0. The van der Waals surface area contributed by atoms with Crippen molar-refractivity contribution in [3.8, 4) is 0 Å². The van der Waals surface area contributed by atoms with Crippen molar-refractivity contribution in [1.29, 1.82) is 0 Å². The zero-order valence-corrected chi connectivity index (χ0v) is 23.4. The summed E-state index contributed by atoms with van der Waals surface area (Å²) in [4.78, 5) is 24.0. The van der Waals surface area contributed by atoms with Crippen molar-refractivity contribution in [2.45, 2.75) is 105 Å². The number of carboxylic acid groups (broad SMARTS) is 1. The minimum absolute atomic E-state index is 0.204. The van der Waals surface area contributed by atoms with E-state index in [-0.39, 0.29) is 12.5 Å². The number of rotatable bonds is 9. The van der Waals surface area contributed by atoms with Gasteiger partial charge in [-0.1, -0.05) is 47.1 Å². The molecule has 6 heteroatoms. The third kappa shape index (κ3) is 15.0. The molecule has 0 amide bonds. The number of aliphatic hydroxyl groups excluding tert-OH is 1. The van der Waals surface area contributed by atoms with E-state index in [0.717, 1.165) is 36.6 Å². The fourth-order valence-corrected chi connectivity index (χ4v) is 5.00. The standard InChI is InChI=1S/C18H25BrO2S.C3H6O2.C3H8.C2H6/c1-3-4-16-13(6-10-18(16)21)5-7-14(20)8-9-15-11-17(19)12(2)22-15;1-2-3(4)5;1-3-2;1-2/h3,11,13,16,18,21H,1,4-10H2,2H3;2H2,1H3,(H,4,5);3H2,1-2H3;1-2H3/t13-,16+,18?;;;/m0.../s1. The van der Waals surface area contributed by atoms with Gasteiger partial charge in [-0.2, -0.15) is 0 Å². The van der Waals surface area contributed by atoms with E-state index >= 15 is 0 Å². The average molecular weight is 534 g/mol. The number of halogens is 1. The van der Waals surface area contributed by atoms with Crippen LogP contribution in [0.2, 0.25) is 0 Å². The fourth-order valence-electron chi connectivity index (χ4n) is 3.40. The molecule has 1 aliphatic rings. The molecule has 1 heterocycles. The highest BCUT2D eigenvalue weighted by molar-refractivity contribution is 9.10. The Morgan fingerprint density at radius 1 is 1.22 bits per heavy atom. The van der Waals surface area contributed by atoms with Gasteiger partial charge in [0, 0.05) is 33.5 Å².